The summed E-state index contributed by atoms with van der Waals surface area (Å²) in [6, 6.07) is -0.0224. The highest BCUT2D eigenvalue weighted by Gasteiger charge is 2.31. The van der Waals surface area contributed by atoms with Crippen molar-refractivity contribution < 1.29 is 17.9 Å². The van der Waals surface area contributed by atoms with E-state index in [0.29, 0.717) is 12.3 Å². The molecule has 5 nitrogen and oxygen atoms in total. The fourth-order valence-corrected chi connectivity index (χ4v) is 3.78. The lowest BCUT2D eigenvalue weighted by Crippen LogP contribution is -2.43. The Balaban J connectivity index is 2.40. The molecule has 0 spiro atoms. The average Bonchev–Trinajstić information content (AvgIpc) is 2.56. The molecule has 1 aliphatic rings. The first-order valence-electron chi connectivity index (χ1n) is 5.52. The molecule has 1 aliphatic heterocycles. The first kappa shape index (κ1) is 13.9. The van der Waals surface area contributed by atoms with Gasteiger partial charge >= 0.3 is 0 Å². The molecule has 0 bridgehead atoms. The quantitative estimate of drug-likeness (QED) is 0.681. The minimum atomic E-state index is -2.87. The number of rotatable bonds is 6. The third kappa shape index (κ3) is 3.41. The van der Waals surface area contributed by atoms with E-state index in [-0.39, 0.29) is 17.6 Å². The summed E-state index contributed by atoms with van der Waals surface area (Å²) in [4.78, 5) is 0. The summed E-state index contributed by atoms with van der Waals surface area (Å²) in [7, 11) is 0.270. The topological polar surface area (TPSA) is 64.6 Å². The Labute approximate surface area is 97.4 Å². The second-order valence-corrected chi connectivity index (χ2v) is 6.57. The lowest BCUT2D eigenvalue weighted by molar-refractivity contribution is -0.119. The minimum Gasteiger partial charge on any atom is -0.354 e. The molecule has 0 amide bonds. The first-order valence-corrected chi connectivity index (χ1v) is 7.23. The summed E-state index contributed by atoms with van der Waals surface area (Å²) in [5.74, 6) is 0.325. The van der Waals surface area contributed by atoms with E-state index in [4.69, 9.17) is 9.47 Å². The maximum absolute atomic E-state index is 11.6. The van der Waals surface area contributed by atoms with Crippen LogP contribution in [0, 0.1) is 0 Å². The van der Waals surface area contributed by atoms with Crippen molar-refractivity contribution in [1.82, 2.24) is 5.32 Å². The number of hydrogen-bond acceptors (Lipinski definition) is 5. The lowest BCUT2D eigenvalue weighted by Gasteiger charge is -2.23. The van der Waals surface area contributed by atoms with Crippen LogP contribution >= 0.6 is 0 Å². The second-order valence-electron chi connectivity index (χ2n) is 4.17. The average molecular weight is 251 g/mol. The fraction of sp³-hybridized carbons (Fsp3) is 1.00. The van der Waals surface area contributed by atoms with E-state index in [2.05, 4.69) is 5.32 Å². The molecule has 2 unspecified atom stereocenters. The highest BCUT2D eigenvalue weighted by atomic mass is 32.2. The largest absolute Gasteiger partial charge is 0.354 e. The van der Waals surface area contributed by atoms with E-state index in [1.807, 2.05) is 6.92 Å². The van der Waals surface area contributed by atoms with Gasteiger partial charge < -0.3 is 14.8 Å². The molecule has 0 aromatic carbocycles. The van der Waals surface area contributed by atoms with Crippen molar-refractivity contribution in [2.45, 2.75) is 37.3 Å². The molecule has 0 aromatic heterocycles. The van der Waals surface area contributed by atoms with Crippen molar-refractivity contribution >= 4 is 9.84 Å². The van der Waals surface area contributed by atoms with E-state index >= 15 is 0 Å². The van der Waals surface area contributed by atoms with E-state index in [0.717, 1.165) is 12.8 Å². The Morgan fingerprint density at radius 1 is 1.38 bits per heavy atom. The molecular formula is C10H21NO4S. The fourth-order valence-electron chi connectivity index (χ4n) is 2.01. The molecule has 96 valence electrons. The van der Waals surface area contributed by atoms with E-state index in [1.54, 1.807) is 14.2 Å². The molecule has 6 heteroatoms. The summed E-state index contributed by atoms with van der Waals surface area (Å²) in [5, 5.41) is 2.91. The third-order valence-corrected chi connectivity index (χ3v) is 5.28. The van der Waals surface area contributed by atoms with Gasteiger partial charge in [0.15, 0.2) is 16.1 Å². The number of sulfone groups is 1. The third-order valence-electron chi connectivity index (χ3n) is 3.00. The molecule has 1 heterocycles. The van der Waals surface area contributed by atoms with Gasteiger partial charge in [0.25, 0.3) is 0 Å². The van der Waals surface area contributed by atoms with Crippen LogP contribution in [0.1, 0.15) is 19.8 Å². The molecule has 16 heavy (non-hydrogen) atoms. The summed E-state index contributed by atoms with van der Waals surface area (Å²) < 4.78 is 33.4. The Morgan fingerprint density at radius 3 is 2.44 bits per heavy atom. The van der Waals surface area contributed by atoms with Crippen LogP contribution in [-0.2, 0) is 19.3 Å². The molecule has 1 fully saturated rings. The molecule has 2 atom stereocenters. The van der Waals surface area contributed by atoms with E-state index < -0.39 is 9.84 Å². The van der Waals surface area contributed by atoms with Gasteiger partial charge in [0.2, 0.25) is 0 Å². The Hall–Kier alpha value is -0.170. The van der Waals surface area contributed by atoms with Gasteiger partial charge in [-0.3, -0.25) is 0 Å². The Morgan fingerprint density at radius 2 is 2.00 bits per heavy atom. The highest BCUT2D eigenvalue weighted by Crippen LogP contribution is 2.19. The van der Waals surface area contributed by atoms with Gasteiger partial charge in [0.1, 0.15) is 0 Å². The number of methoxy groups -OCH3 is 2. The van der Waals surface area contributed by atoms with Crippen LogP contribution in [0.3, 0.4) is 0 Å². The van der Waals surface area contributed by atoms with E-state index in [9.17, 15) is 8.42 Å². The van der Waals surface area contributed by atoms with Crippen molar-refractivity contribution in [2.75, 3.05) is 26.5 Å². The molecule has 1 N–H and O–H groups in total. The summed E-state index contributed by atoms with van der Waals surface area (Å²) in [6.07, 6.45) is 1.19. The van der Waals surface area contributed by atoms with Crippen molar-refractivity contribution in [3.63, 3.8) is 0 Å². The molecule has 1 rings (SSSR count). The smallest absolute Gasteiger partial charge is 0.171 e. The van der Waals surface area contributed by atoms with Gasteiger partial charge in [-0.25, -0.2) is 8.42 Å². The van der Waals surface area contributed by atoms with Crippen LogP contribution in [0.4, 0.5) is 0 Å². The summed E-state index contributed by atoms with van der Waals surface area (Å²) in [6.45, 7) is 2.39. The molecule has 0 saturated carbocycles. The Bertz CT molecular complexity index is 300. The maximum Gasteiger partial charge on any atom is 0.171 e. The van der Waals surface area contributed by atoms with Crippen molar-refractivity contribution in [3.8, 4) is 0 Å². The molecule has 0 aromatic rings. The SMILES string of the molecule is COC(OC)C(C)NCC1CCCS1(=O)=O. The molecule has 0 radical (unpaired) electrons. The van der Waals surface area contributed by atoms with Crippen LogP contribution in [0.25, 0.3) is 0 Å². The zero-order chi connectivity index (χ0) is 12.2. The van der Waals surface area contributed by atoms with Gasteiger partial charge in [-0.2, -0.15) is 0 Å². The van der Waals surface area contributed by atoms with Gasteiger partial charge in [-0.1, -0.05) is 0 Å². The molecule has 0 aliphatic carbocycles. The number of nitrogens with one attached hydrogen (secondary N) is 1. The number of hydrogen-bond donors (Lipinski definition) is 1. The van der Waals surface area contributed by atoms with Crippen LogP contribution < -0.4 is 5.32 Å². The van der Waals surface area contributed by atoms with Crippen LogP contribution in [0.2, 0.25) is 0 Å². The van der Waals surface area contributed by atoms with Gasteiger partial charge in [0, 0.05) is 20.8 Å². The predicted molar refractivity (Wildman–Crippen MR) is 62.1 cm³/mol. The lowest BCUT2D eigenvalue weighted by atomic mass is 10.2. The van der Waals surface area contributed by atoms with Crippen molar-refractivity contribution in [2.24, 2.45) is 0 Å². The summed E-state index contributed by atoms with van der Waals surface area (Å²) >= 11 is 0. The van der Waals surface area contributed by atoms with Crippen LogP contribution in [0.5, 0.6) is 0 Å². The monoisotopic (exact) mass is 251 g/mol. The predicted octanol–water partition coefficient (Wildman–Crippen LogP) is 0.161. The minimum absolute atomic E-state index is 0.0224. The zero-order valence-corrected chi connectivity index (χ0v) is 10.9. The van der Waals surface area contributed by atoms with Crippen LogP contribution in [0.15, 0.2) is 0 Å². The first-order chi connectivity index (χ1) is 7.51. The summed E-state index contributed by atoms with van der Waals surface area (Å²) in [5.41, 5.74) is 0. The van der Waals surface area contributed by atoms with Gasteiger partial charge in [-0.15, -0.1) is 0 Å². The maximum atomic E-state index is 11.6. The van der Waals surface area contributed by atoms with Gasteiger partial charge in [-0.05, 0) is 19.8 Å². The van der Waals surface area contributed by atoms with Crippen LogP contribution in [-0.4, -0.2) is 52.5 Å². The Kier molecular flexibility index (Phi) is 5.17. The second kappa shape index (κ2) is 5.95. The highest BCUT2D eigenvalue weighted by molar-refractivity contribution is 7.92. The molecular weight excluding hydrogens is 230 g/mol. The van der Waals surface area contributed by atoms with Gasteiger partial charge in [0.05, 0.1) is 17.0 Å². The standard InChI is InChI=1S/C10H21NO4S/c1-8(10(14-2)15-3)11-7-9-5-4-6-16(9,12)13/h8-11H,4-7H2,1-3H3. The number of ether oxygens (including phenoxy) is 2. The molecule has 1 saturated heterocycles. The van der Waals surface area contributed by atoms with Crippen molar-refractivity contribution in [3.05, 3.63) is 0 Å². The zero-order valence-electron chi connectivity index (χ0n) is 10.1. The van der Waals surface area contributed by atoms with E-state index in [1.165, 1.54) is 0 Å². The van der Waals surface area contributed by atoms with Crippen molar-refractivity contribution in [1.29, 1.82) is 0 Å². The normalized spacial score (nSPS) is 26.1.